The fraction of sp³-hybridized carbons (Fsp3) is 0.391. The number of nitrogens with zero attached hydrogens (tertiary/aromatic N) is 3. The molecule has 1 aliphatic rings. The van der Waals surface area contributed by atoms with Crippen molar-refractivity contribution in [3.05, 3.63) is 60.2 Å². The molecule has 0 unspecified atom stereocenters. The van der Waals surface area contributed by atoms with Gasteiger partial charge in [-0.25, -0.2) is 0 Å². The van der Waals surface area contributed by atoms with Crippen LogP contribution in [0.1, 0.15) is 18.9 Å². The van der Waals surface area contributed by atoms with E-state index in [1.807, 2.05) is 35.2 Å². The zero-order valence-corrected chi connectivity index (χ0v) is 17.2. The van der Waals surface area contributed by atoms with Crippen LogP contribution in [0.2, 0.25) is 0 Å². The highest BCUT2D eigenvalue weighted by atomic mass is 16.5. The Bertz CT molecular complexity index is 817. The second kappa shape index (κ2) is 10.1. The molecular weight excluding hydrogens is 366 g/mol. The summed E-state index contributed by atoms with van der Waals surface area (Å²) in [6, 6.07) is 17.7. The van der Waals surface area contributed by atoms with Gasteiger partial charge in [-0.15, -0.1) is 0 Å². The van der Waals surface area contributed by atoms with E-state index in [9.17, 15) is 9.59 Å². The molecule has 0 radical (unpaired) electrons. The average Bonchev–Trinajstić information content (AvgIpc) is 2.75. The van der Waals surface area contributed by atoms with Crippen LogP contribution in [-0.2, 0) is 16.1 Å². The van der Waals surface area contributed by atoms with Crippen LogP contribution < -0.4 is 9.64 Å². The largest absolute Gasteiger partial charge is 0.497 e. The molecule has 0 atom stereocenters. The Morgan fingerprint density at radius 2 is 1.72 bits per heavy atom. The molecule has 1 aliphatic heterocycles. The lowest BCUT2D eigenvalue weighted by Crippen LogP contribution is -2.49. The predicted molar refractivity (Wildman–Crippen MR) is 114 cm³/mol. The van der Waals surface area contributed by atoms with Crippen LogP contribution in [-0.4, -0.2) is 61.4 Å². The summed E-state index contributed by atoms with van der Waals surface area (Å²) >= 11 is 0. The van der Waals surface area contributed by atoms with Crippen molar-refractivity contribution in [2.75, 3.05) is 44.7 Å². The minimum Gasteiger partial charge on any atom is -0.497 e. The lowest BCUT2D eigenvalue weighted by molar-refractivity contribution is -0.132. The van der Waals surface area contributed by atoms with E-state index in [2.05, 4.69) is 29.2 Å². The van der Waals surface area contributed by atoms with E-state index in [-0.39, 0.29) is 11.8 Å². The zero-order chi connectivity index (χ0) is 20.6. The lowest BCUT2D eigenvalue weighted by Gasteiger charge is -2.35. The summed E-state index contributed by atoms with van der Waals surface area (Å²) in [5.74, 6) is 0.701. The third-order valence-corrected chi connectivity index (χ3v) is 5.27. The summed E-state index contributed by atoms with van der Waals surface area (Å²) in [4.78, 5) is 30.7. The molecule has 6 nitrogen and oxygen atoms in total. The van der Waals surface area contributed by atoms with Gasteiger partial charge in [0.25, 0.3) is 0 Å². The minimum absolute atomic E-state index is 0.0845. The summed E-state index contributed by atoms with van der Waals surface area (Å²) in [6.07, 6.45) is 0.315. The Hall–Kier alpha value is -2.86. The molecule has 1 saturated heterocycles. The number of hydrogen-bond acceptors (Lipinski definition) is 4. The van der Waals surface area contributed by atoms with Crippen molar-refractivity contribution in [3.63, 3.8) is 0 Å². The van der Waals surface area contributed by atoms with Crippen LogP contribution in [0.25, 0.3) is 0 Å². The number of rotatable bonds is 7. The maximum atomic E-state index is 12.7. The fourth-order valence-electron chi connectivity index (χ4n) is 3.61. The van der Waals surface area contributed by atoms with E-state index < -0.39 is 0 Å². The van der Waals surface area contributed by atoms with Gasteiger partial charge in [0, 0.05) is 64.4 Å². The van der Waals surface area contributed by atoms with Crippen molar-refractivity contribution in [2.24, 2.45) is 0 Å². The molecule has 0 aliphatic carbocycles. The number of carbonyl (C=O) groups is 2. The number of benzene rings is 2. The first-order valence-corrected chi connectivity index (χ1v) is 10.0. The Morgan fingerprint density at radius 1 is 1.00 bits per heavy atom. The summed E-state index contributed by atoms with van der Waals surface area (Å²) in [5, 5.41) is 0. The van der Waals surface area contributed by atoms with Crippen LogP contribution >= 0.6 is 0 Å². The molecule has 2 aromatic rings. The smallest absolute Gasteiger partial charge is 0.224 e. The number of amides is 2. The van der Waals surface area contributed by atoms with Crippen molar-refractivity contribution in [1.82, 2.24) is 9.80 Å². The van der Waals surface area contributed by atoms with Crippen LogP contribution in [0.5, 0.6) is 5.75 Å². The maximum absolute atomic E-state index is 12.7. The number of anilines is 1. The Morgan fingerprint density at radius 3 is 2.38 bits per heavy atom. The molecule has 6 heteroatoms. The summed E-state index contributed by atoms with van der Waals surface area (Å²) < 4.78 is 5.24. The third-order valence-electron chi connectivity index (χ3n) is 5.27. The van der Waals surface area contributed by atoms with Crippen molar-refractivity contribution in [2.45, 2.75) is 19.9 Å². The van der Waals surface area contributed by atoms with E-state index in [4.69, 9.17) is 4.74 Å². The van der Waals surface area contributed by atoms with Gasteiger partial charge in [0.1, 0.15) is 5.75 Å². The number of carbonyl (C=O) groups excluding carboxylic acids is 2. The predicted octanol–water partition coefficient (Wildman–Crippen LogP) is 2.78. The number of hydrogen-bond donors (Lipinski definition) is 0. The van der Waals surface area contributed by atoms with Crippen LogP contribution in [0, 0.1) is 0 Å². The van der Waals surface area contributed by atoms with Gasteiger partial charge in [-0.1, -0.05) is 36.4 Å². The Kier molecular flexibility index (Phi) is 7.25. The van der Waals surface area contributed by atoms with Crippen molar-refractivity contribution in [3.8, 4) is 5.75 Å². The monoisotopic (exact) mass is 395 g/mol. The maximum Gasteiger partial charge on any atom is 0.224 e. The molecule has 3 rings (SSSR count). The van der Waals surface area contributed by atoms with E-state index in [0.29, 0.717) is 18.7 Å². The average molecular weight is 396 g/mol. The molecular formula is C23H29N3O3. The highest BCUT2D eigenvalue weighted by Gasteiger charge is 2.22. The summed E-state index contributed by atoms with van der Waals surface area (Å²) in [5.41, 5.74) is 2.04. The van der Waals surface area contributed by atoms with Crippen molar-refractivity contribution >= 4 is 17.5 Å². The van der Waals surface area contributed by atoms with Gasteiger partial charge < -0.3 is 14.5 Å². The molecule has 1 heterocycles. The van der Waals surface area contributed by atoms with Crippen molar-refractivity contribution < 1.29 is 14.3 Å². The zero-order valence-electron chi connectivity index (χ0n) is 17.2. The highest BCUT2D eigenvalue weighted by molar-refractivity contribution is 5.92. The molecule has 1 fully saturated rings. The van der Waals surface area contributed by atoms with Gasteiger partial charge in [0.15, 0.2) is 0 Å². The lowest BCUT2D eigenvalue weighted by atomic mass is 10.2. The molecule has 2 aromatic carbocycles. The van der Waals surface area contributed by atoms with Crippen LogP contribution in [0.15, 0.2) is 54.6 Å². The molecule has 2 amide bonds. The molecule has 0 saturated carbocycles. The normalized spacial score (nSPS) is 14.5. The second-order valence-electron chi connectivity index (χ2n) is 7.26. The minimum atomic E-state index is -0.0845. The fourth-order valence-corrected chi connectivity index (χ4v) is 3.61. The van der Waals surface area contributed by atoms with Gasteiger partial charge in [-0.2, -0.15) is 0 Å². The summed E-state index contributed by atoms with van der Waals surface area (Å²) in [7, 11) is 1.60. The van der Waals surface area contributed by atoms with E-state index in [1.54, 1.807) is 12.0 Å². The van der Waals surface area contributed by atoms with Gasteiger partial charge in [0.2, 0.25) is 11.8 Å². The first-order valence-electron chi connectivity index (χ1n) is 10.0. The first kappa shape index (κ1) is 20.9. The van der Waals surface area contributed by atoms with Gasteiger partial charge in [-0.3, -0.25) is 14.5 Å². The molecule has 0 N–H and O–H groups in total. The van der Waals surface area contributed by atoms with Crippen LogP contribution in [0.3, 0.4) is 0 Å². The van der Waals surface area contributed by atoms with E-state index in [0.717, 1.165) is 38.4 Å². The quantitative estimate of drug-likeness (QED) is 0.723. The Labute approximate surface area is 172 Å². The molecule has 0 spiro atoms. The van der Waals surface area contributed by atoms with E-state index in [1.165, 1.54) is 12.5 Å². The van der Waals surface area contributed by atoms with Crippen molar-refractivity contribution in [1.29, 1.82) is 0 Å². The molecule has 0 bridgehead atoms. The standard InChI is InChI=1S/C23H29N3O3/c1-19(27)26(21-9-6-10-22(17-21)29-2)12-11-23(28)25-15-13-24(14-16-25)18-20-7-4-3-5-8-20/h3-10,17H,11-16,18H2,1-2H3. The van der Waals surface area contributed by atoms with Gasteiger partial charge in [0.05, 0.1) is 7.11 Å². The van der Waals surface area contributed by atoms with Crippen LogP contribution in [0.4, 0.5) is 5.69 Å². The van der Waals surface area contributed by atoms with Gasteiger partial charge >= 0.3 is 0 Å². The molecule has 29 heavy (non-hydrogen) atoms. The summed E-state index contributed by atoms with van der Waals surface area (Å²) in [6.45, 7) is 5.99. The second-order valence-corrected chi connectivity index (χ2v) is 7.26. The SMILES string of the molecule is COc1cccc(N(CCC(=O)N2CCN(Cc3ccccc3)CC2)C(C)=O)c1. The highest BCUT2D eigenvalue weighted by Crippen LogP contribution is 2.21. The van der Waals surface area contributed by atoms with E-state index >= 15 is 0 Å². The number of ether oxygens (including phenoxy) is 1. The third kappa shape index (κ3) is 5.81. The Balaban J connectivity index is 1.50. The molecule has 0 aromatic heterocycles. The number of piperazine rings is 1. The first-order chi connectivity index (χ1) is 14.1. The topological polar surface area (TPSA) is 53.1 Å². The number of methoxy groups -OCH3 is 1. The molecule has 154 valence electrons. The van der Waals surface area contributed by atoms with Gasteiger partial charge in [-0.05, 0) is 17.7 Å².